The highest BCUT2D eigenvalue weighted by atomic mass is 32.2. The van der Waals surface area contributed by atoms with Crippen molar-refractivity contribution < 1.29 is 23.2 Å². The zero-order valence-corrected chi connectivity index (χ0v) is 20.9. The van der Waals surface area contributed by atoms with Crippen molar-refractivity contribution in [3.05, 3.63) is 35.2 Å². The maximum atomic E-state index is 13.1. The summed E-state index contributed by atoms with van der Waals surface area (Å²) in [6.07, 6.45) is 7.95. The van der Waals surface area contributed by atoms with Crippen LogP contribution in [0.3, 0.4) is 0 Å². The lowest BCUT2D eigenvalue weighted by atomic mass is 9.86. The van der Waals surface area contributed by atoms with Gasteiger partial charge in [-0.15, -0.1) is 11.3 Å². The van der Waals surface area contributed by atoms with Crippen LogP contribution in [-0.4, -0.2) is 35.8 Å². The molecule has 1 aliphatic heterocycles. The summed E-state index contributed by atoms with van der Waals surface area (Å²) in [7, 11) is -3.85. The summed E-state index contributed by atoms with van der Waals surface area (Å²) >= 11 is 1.36. The second kappa shape index (κ2) is 10.6. The van der Waals surface area contributed by atoms with Gasteiger partial charge >= 0.3 is 0 Å². The van der Waals surface area contributed by atoms with Gasteiger partial charge in [0, 0.05) is 21.9 Å². The number of thiophene rings is 1. The molecule has 1 unspecified atom stereocenters. The Morgan fingerprint density at radius 3 is 2.65 bits per heavy atom. The molecule has 3 N–H and O–H groups in total. The van der Waals surface area contributed by atoms with Crippen LogP contribution in [0.25, 0.3) is 10.4 Å². The fourth-order valence-corrected chi connectivity index (χ4v) is 8.29. The highest BCUT2D eigenvalue weighted by Crippen LogP contribution is 2.42. The molecule has 1 aromatic heterocycles. The number of nitrogens with one attached hydrogen (secondary N) is 2. The third-order valence-electron chi connectivity index (χ3n) is 6.74. The number of carbonyl (C=O) groups is 2. The van der Waals surface area contributed by atoms with Crippen molar-refractivity contribution in [2.75, 3.05) is 5.32 Å². The van der Waals surface area contributed by atoms with E-state index in [2.05, 4.69) is 5.32 Å². The van der Waals surface area contributed by atoms with Gasteiger partial charge in [0.2, 0.25) is 15.9 Å². The second-order valence-corrected chi connectivity index (χ2v) is 12.0. The normalized spacial score (nSPS) is 18.9. The predicted molar refractivity (Wildman–Crippen MR) is 131 cm³/mol. The topological polar surface area (TPSA) is 116 Å². The molecule has 0 bridgehead atoms. The number of hydroxylamine groups is 1. The number of amides is 2. The Kier molecular flexibility index (Phi) is 7.71. The molecular formula is C24H31N3O5S2. The summed E-state index contributed by atoms with van der Waals surface area (Å²) in [5.41, 5.74) is 3.07. The minimum absolute atomic E-state index is 0.00221. The molecule has 2 heterocycles. The van der Waals surface area contributed by atoms with Gasteiger partial charge in [-0.05, 0) is 42.5 Å². The third kappa shape index (κ3) is 5.19. The molecular weight excluding hydrogens is 474 g/mol. The zero-order chi connectivity index (χ0) is 24.3. The zero-order valence-electron chi connectivity index (χ0n) is 19.2. The van der Waals surface area contributed by atoms with E-state index >= 15 is 0 Å². The maximum absolute atomic E-state index is 13.1. The summed E-state index contributed by atoms with van der Waals surface area (Å²) in [6.45, 7) is 1.79. The number of nitrogens with zero attached hydrogens (tertiary/aromatic N) is 1. The number of hydrogen-bond acceptors (Lipinski definition) is 6. The molecule has 34 heavy (non-hydrogen) atoms. The van der Waals surface area contributed by atoms with E-state index < -0.39 is 22.0 Å². The summed E-state index contributed by atoms with van der Waals surface area (Å²) in [5.74, 6) is -0.0904. The number of carbonyl (C=O) groups excluding carboxylic acids is 2. The Labute approximate surface area is 204 Å². The first-order valence-corrected chi connectivity index (χ1v) is 14.1. The largest absolute Gasteiger partial charge is 0.326 e. The molecule has 1 fully saturated rings. The summed E-state index contributed by atoms with van der Waals surface area (Å²) in [5, 5.41) is 11.9. The molecule has 1 aromatic carbocycles. The molecule has 184 valence electrons. The lowest BCUT2D eigenvalue weighted by Gasteiger charge is -2.23. The van der Waals surface area contributed by atoms with Gasteiger partial charge in [0.1, 0.15) is 6.04 Å². The molecule has 0 radical (unpaired) electrons. The molecule has 2 amide bonds. The third-order valence-corrected chi connectivity index (χ3v) is 9.96. The number of anilines is 1. The van der Waals surface area contributed by atoms with Gasteiger partial charge < -0.3 is 5.32 Å². The first-order valence-electron chi connectivity index (χ1n) is 11.8. The average molecular weight is 506 g/mol. The molecule has 2 aromatic rings. The van der Waals surface area contributed by atoms with Crippen LogP contribution in [0.15, 0.2) is 35.2 Å². The Hall–Kier alpha value is -2.27. The van der Waals surface area contributed by atoms with E-state index in [4.69, 9.17) is 5.21 Å². The van der Waals surface area contributed by atoms with Gasteiger partial charge in [0.15, 0.2) is 0 Å². The molecule has 4 rings (SSSR count). The minimum Gasteiger partial charge on any atom is -0.326 e. The van der Waals surface area contributed by atoms with E-state index in [1.165, 1.54) is 43.4 Å². The molecule has 0 saturated heterocycles. The van der Waals surface area contributed by atoms with E-state index in [1.807, 2.05) is 24.3 Å². The van der Waals surface area contributed by atoms with Gasteiger partial charge in [-0.2, -0.15) is 4.31 Å². The first kappa shape index (κ1) is 24.8. The number of fused-ring (bicyclic) bond motifs is 1. The highest BCUT2D eigenvalue weighted by molar-refractivity contribution is 7.89. The molecule has 8 nitrogen and oxygen atoms in total. The van der Waals surface area contributed by atoms with Crippen molar-refractivity contribution in [2.45, 2.75) is 75.8 Å². The molecule has 0 spiro atoms. The van der Waals surface area contributed by atoms with E-state index in [1.54, 1.807) is 18.5 Å². The van der Waals surface area contributed by atoms with E-state index in [0.29, 0.717) is 22.9 Å². The summed E-state index contributed by atoms with van der Waals surface area (Å²) in [6, 6.07) is 8.08. The summed E-state index contributed by atoms with van der Waals surface area (Å²) < 4.78 is 27.3. The minimum atomic E-state index is -3.85. The quantitative estimate of drug-likeness (QED) is 0.361. The van der Waals surface area contributed by atoms with Crippen molar-refractivity contribution in [1.82, 2.24) is 9.79 Å². The van der Waals surface area contributed by atoms with Crippen molar-refractivity contribution in [3.8, 4) is 10.4 Å². The number of benzene rings is 1. The van der Waals surface area contributed by atoms with Crippen LogP contribution < -0.4 is 10.8 Å². The maximum Gasteiger partial charge on any atom is 0.261 e. The van der Waals surface area contributed by atoms with Crippen molar-refractivity contribution in [2.24, 2.45) is 5.92 Å². The SMILES string of the molecule is CCC(C(=O)NO)N1Cc2sc(-c3cccc(NC(=O)CCC4CCCCC4)c3)cc2S1(=O)=O. The summed E-state index contributed by atoms with van der Waals surface area (Å²) in [4.78, 5) is 26.0. The Morgan fingerprint density at radius 2 is 1.97 bits per heavy atom. The van der Waals surface area contributed by atoms with Crippen LogP contribution >= 0.6 is 11.3 Å². The first-order chi connectivity index (χ1) is 16.3. The van der Waals surface area contributed by atoms with Crippen molar-refractivity contribution in [1.29, 1.82) is 0 Å². The lowest BCUT2D eigenvalue weighted by Crippen LogP contribution is -2.45. The van der Waals surface area contributed by atoms with Crippen LogP contribution in [0.1, 0.15) is 63.2 Å². The molecule has 10 heteroatoms. The molecule has 1 atom stereocenters. The molecule has 1 aliphatic carbocycles. The second-order valence-electron chi connectivity index (χ2n) is 9.02. The fraction of sp³-hybridized carbons (Fsp3) is 0.500. The van der Waals surface area contributed by atoms with Gasteiger partial charge in [0.25, 0.3) is 5.91 Å². The highest BCUT2D eigenvalue weighted by Gasteiger charge is 2.43. The van der Waals surface area contributed by atoms with Crippen LogP contribution in [0.2, 0.25) is 0 Å². The fourth-order valence-electron chi connectivity index (χ4n) is 4.89. The van der Waals surface area contributed by atoms with E-state index in [-0.39, 0.29) is 23.8 Å². The number of sulfonamides is 1. The van der Waals surface area contributed by atoms with Gasteiger partial charge in [-0.3, -0.25) is 14.8 Å². The van der Waals surface area contributed by atoms with Crippen LogP contribution in [0, 0.1) is 5.92 Å². The lowest BCUT2D eigenvalue weighted by molar-refractivity contribution is -0.133. The number of hydrogen-bond donors (Lipinski definition) is 3. The van der Waals surface area contributed by atoms with Crippen LogP contribution in [0.5, 0.6) is 0 Å². The van der Waals surface area contributed by atoms with Crippen molar-refractivity contribution >= 4 is 38.9 Å². The Bertz CT molecular complexity index is 1160. The smallest absolute Gasteiger partial charge is 0.261 e. The molecule has 1 saturated carbocycles. The Morgan fingerprint density at radius 1 is 1.21 bits per heavy atom. The van der Waals surface area contributed by atoms with E-state index in [9.17, 15) is 18.0 Å². The van der Waals surface area contributed by atoms with Gasteiger partial charge in [0.05, 0.1) is 11.4 Å². The monoisotopic (exact) mass is 505 g/mol. The van der Waals surface area contributed by atoms with Gasteiger partial charge in [-0.25, -0.2) is 13.9 Å². The van der Waals surface area contributed by atoms with Crippen molar-refractivity contribution in [3.63, 3.8) is 0 Å². The van der Waals surface area contributed by atoms with Crippen LogP contribution in [0.4, 0.5) is 5.69 Å². The number of rotatable bonds is 8. The van der Waals surface area contributed by atoms with E-state index in [0.717, 1.165) is 21.2 Å². The Balaban J connectivity index is 1.45. The average Bonchev–Trinajstić information content (AvgIpc) is 3.37. The standard InChI is InChI=1S/C24H31N3O5S2/c1-2-19(24(29)26-30)27-15-21-22(34(27,31)32)14-20(33-21)17-9-6-10-18(13-17)25-23(28)12-11-16-7-4-3-5-8-16/h6,9-10,13-14,16,19,30H,2-5,7-8,11-12,15H2,1H3,(H,25,28)(H,26,29). The van der Waals surface area contributed by atoms with Crippen LogP contribution in [-0.2, 0) is 26.2 Å². The van der Waals surface area contributed by atoms with Gasteiger partial charge in [-0.1, -0.05) is 51.2 Å². The predicted octanol–water partition coefficient (Wildman–Crippen LogP) is 4.50. The molecule has 2 aliphatic rings.